The molecule has 6 nitrogen and oxygen atoms in total. The standard InChI is InChI=1S/C21H16ClF4N3O3/c22-15-7-13(20(31)28-10-6-19(30)29-27-9-10)18(8-14(15)21(24,25)26)32-17-5-4-16(23)11-2-1-3-12(11)17/h4-9,20,31H,1-3H2,(H2,28,29,30). The smallest absolute Gasteiger partial charge is 0.417 e. The molecule has 168 valence electrons. The largest absolute Gasteiger partial charge is 0.457 e. The van der Waals surface area contributed by atoms with E-state index in [0.717, 1.165) is 12.1 Å². The Morgan fingerprint density at radius 3 is 2.62 bits per heavy atom. The number of aromatic amines is 1. The molecule has 1 heterocycles. The lowest BCUT2D eigenvalue weighted by molar-refractivity contribution is -0.137. The van der Waals surface area contributed by atoms with Gasteiger partial charge in [0.25, 0.3) is 5.56 Å². The van der Waals surface area contributed by atoms with Gasteiger partial charge in [0.2, 0.25) is 0 Å². The zero-order valence-corrected chi connectivity index (χ0v) is 17.0. The van der Waals surface area contributed by atoms with Crippen molar-refractivity contribution < 1.29 is 27.4 Å². The third kappa shape index (κ3) is 4.42. The number of aromatic nitrogens is 2. The minimum atomic E-state index is -4.77. The van der Waals surface area contributed by atoms with Crippen LogP contribution >= 0.6 is 11.6 Å². The van der Waals surface area contributed by atoms with E-state index in [9.17, 15) is 27.5 Å². The van der Waals surface area contributed by atoms with E-state index in [-0.39, 0.29) is 22.7 Å². The highest BCUT2D eigenvalue weighted by atomic mass is 35.5. The SMILES string of the molecule is O=c1cc(NC(O)c2cc(Cl)c(C(F)(F)F)cc2Oc2ccc(F)c3c2CCC3)cn[nH]1. The Bertz CT molecular complexity index is 1230. The summed E-state index contributed by atoms with van der Waals surface area (Å²) >= 11 is 5.84. The summed E-state index contributed by atoms with van der Waals surface area (Å²) in [6, 6.07) is 5.25. The Hall–Kier alpha value is -3.11. The minimum Gasteiger partial charge on any atom is -0.457 e. The highest BCUT2D eigenvalue weighted by Gasteiger charge is 2.35. The Morgan fingerprint density at radius 2 is 1.91 bits per heavy atom. The van der Waals surface area contributed by atoms with Crippen molar-refractivity contribution in [2.75, 3.05) is 5.32 Å². The van der Waals surface area contributed by atoms with Crippen molar-refractivity contribution in [3.63, 3.8) is 0 Å². The second-order valence-electron chi connectivity index (χ2n) is 7.21. The Balaban J connectivity index is 1.77. The fourth-order valence-corrected chi connectivity index (χ4v) is 3.90. The third-order valence-electron chi connectivity index (χ3n) is 5.07. The molecule has 3 aromatic rings. The van der Waals surface area contributed by atoms with Crippen molar-refractivity contribution in [2.24, 2.45) is 0 Å². The number of rotatable bonds is 5. The van der Waals surface area contributed by atoms with Crippen molar-refractivity contribution in [1.82, 2.24) is 10.2 Å². The first-order chi connectivity index (χ1) is 15.1. The zero-order chi connectivity index (χ0) is 23.0. The van der Waals surface area contributed by atoms with Crippen molar-refractivity contribution >= 4 is 17.3 Å². The summed E-state index contributed by atoms with van der Waals surface area (Å²) in [4.78, 5) is 11.4. The van der Waals surface area contributed by atoms with Gasteiger partial charge in [0.05, 0.1) is 22.5 Å². The van der Waals surface area contributed by atoms with Crippen molar-refractivity contribution in [3.8, 4) is 11.5 Å². The minimum absolute atomic E-state index is 0.112. The van der Waals surface area contributed by atoms with Gasteiger partial charge in [-0.3, -0.25) is 4.79 Å². The van der Waals surface area contributed by atoms with E-state index in [0.29, 0.717) is 36.5 Å². The molecule has 3 N–H and O–H groups in total. The number of nitrogens with zero attached hydrogens (tertiary/aromatic N) is 1. The monoisotopic (exact) mass is 469 g/mol. The van der Waals surface area contributed by atoms with E-state index < -0.39 is 34.4 Å². The third-order valence-corrected chi connectivity index (χ3v) is 5.39. The molecule has 1 aliphatic carbocycles. The van der Waals surface area contributed by atoms with Crippen LogP contribution in [0.5, 0.6) is 11.5 Å². The molecule has 0 saturated heterocycles. The number of aliphatic hydroxyl groups excluding tert-OH is 1. The molecular weight excluding hydrogens is 454 g/mol. The number of aliphatic hydroxyl groups is 1. The lowest BCUT2D eigenvalue weighted by Gasteiger charge is -2.21. The molecule has 1 unspecified atom stereocenters. The van der Waals surface area contributed by atoms with Crippen LogP contribution in [0.3, 0.4) is 0 Å². The maximum Gasteiger partial charge on any atom is 0.417 e. The number of benzene rings is 2. The molecule has 2 aromatic carbocycles. The first-order valence-corrected chi connectivity index (χ1v) is 9.89. The number of ether oxygens (including phenoxy) is 1. The van der Waals surface area contributed by atoms with Gasteiger partial charge >= 0.3 is 6.18 Å². The molecule has 0 amide bonds. The van der Waals surface area contributed by atoms with Gasteiger partial charge in [0.1, 0.15) is 17.3 Å². The van der Waals surface area contributed by atoms with E-state index in [1.807, 2.05) is 0 Å². The van der Waals surface area contributed by atoms with Gasteiger partial charge in [0, 0.05) is 17.2 Å². The van der Waals surface area contributed by atoms with Crippen LogP contribution in [-0.2, 0) is 19.0 Å². The summed E-state index contributed by atoms with van der Waals surface area (Å²) in [5, 5.41) is 18.3. The van der Waals surface area contributed by atoms with Crippen LogP contribution < -0.4 is 15.6 Å². The summed E-state index contributed by atoms with van der Waals surface area (Å²) < 4.78 is 60.2. The van der Waals surface area contributed by atoms with Crippen LogP contribution in [0.1, 0.15) is 34.9 Å². The molecule has 1 aromatic heterocycles. The first kappa shape index (κ1) is 22.1. The van der Waals surface area contributed by atoms with Crippen LogP contribution in [-0.4, -0.2) is 15.3 Å². The molecule has 0 radical (unpaired) electrons. The van der Waals surface area contributed by atoms with E-state index in [1.54, 1.807) is 0 Å². The molecule has 32 heavy (non-hydrogen) atoms. The van der Waals surface area contributed by atoms with E-state index in [2.05, 4.69) is 15.5 Å². The van der Waals surface area contributed by atoms with Crippen LogP contribution in [0.4, 0.5) is 23.2 Å². The molecule has 0 fully saturated rings. The average Bonchev–Trinajstić information content (AvgIpc) is 3.21. The van der Waals surface area contributed by atoms with E-state index in [4.69, 9.17) is 16.3 Å². The van der Waals surface area contributed by atoms with Crippen LogP contribution in [0.25, 0.3) is 0 Å². The zero-order valence-electron chi connectivity index (χ0n) is 16.3. The quantitative estimate of drug-likeness (QED) is 0.363. The van der Waals surface area contributed by atoms with Gasteiger partial charge in [-0.05, 0) is 49.1 Å². The van der Waals surface area contributed by atoms with Gasteiger partial charge in [-0.15, -0.1) is 0 Å². The van der Waals surface area contributed by atoms with Gasteiger partial charge < -0.3 is 15.2 Å². The Kier molecular flexibility index (Phi) is 5.83. The Morgan fingerprint density at radius 1 is 1.16 bits per heavy atom. The van der Waals surface area contributed by atoms with Gasteiger partial charge in [0.15, 0.2) is 6.23 Å². The molecule has 11 heteroatoms. The maximum atomic E-state index is 14.1. The molecular formula is C21H16ClF4N3O3. The van der Waals surface area contributed by atoms with E-state index >= 15 is 0 Å². The summed E-state index contributed by atoms with van der Waals surface area (Å²) in [7, 11) is 0. The van der Waals surface area contributed by atoms with Crippen molar-refractivity contribution in [3.05, 3.63) is 80.0 Å². The van der Waals surface area contributed by atoms with Crippen LogP contribution in [0.15, 0.2) is 41.3 Å². The number of fused-ring (bicyclic) bond motifs is 1. The highest BCUT2D eigenvalue weighted by molar-refractivity contribution is 6.31. The number of hydrogen-bond donors (Lipinski definition) is 3. The van der Waals surface area contributed by atoms with Crippen LogP contribution in [0, 0.1) is 5.82 Å². The molecule has 0 spiro atoms. The van der Waals surface area contributed by atoms with Crippen molar-refractivity contribution in [2.45, 2.75) is 31.7 Å². The number of halogens is 5. The first-order valence-electron chi connectivity index (χ1n) is 9.51. The van der Waals surface area contributed by atoms with Crippen LogP contribution in [0.2, 0.25) is 5.02 Å². The second kappa shape index (κ2) is 8.44. The summed E-state index contributed by atoms with van der Waals surface area (Å²) in [5.74, 6) is -0.526. The summed E-state index contributed by atoms with van der Waals surface area (Å²) in [6.07, 6.45) is -3.46. The molecule has 0 saturated carbocycles. The predicted molar refractivity (Wildman–Crippen MR) is 108 cm³/mol. The number of alkyl halides is 3. The van der Waals surface area contributed by atoms with Gasteiger partial charge in [-0.25, -0.2) is 9.49 Å². The number of anilines is 1. The maximum absolute atomic E-state index is 14.1. The molecule has 0 aliphatic heterocycles. The topological polar surface area (TPSA) is 87.2 Å². The predicted octanol–water partition coefficient (Wildman–Crippen LogP) is 4.97. The number of hydrogen-bond acceptors (Lipinski definition) is 5. The average molecular weight is 470 g/mol. The van der Waals surface area contributed by atoms with E-state index in [1.165, 1.54) is 18.3 Å². The fraction of sp³-hybridized carbons (Fsp3) is 0.238. The molecule has 4 rings (SSSR count). The van der Waals surface area contributed by atoms with Crippen molar-refractivity contribution in [1.29, 1.82) is 0 Å². The summed E-state index contributed by atoms with van der Waals surface area (Å²) in [5.41, 5.74) is -0.666. The number of nitrogens with one attached hydrogen (secondary N) is 2. The molecule has 1 atom stereocenters. The fourth-order valence-electron chi connectivity index (χ4n) is 3.62. The van der Waals surface area contributed by atoms with Gasteiger partial charge in [-0.1, -0.05) is 11.6 Å². The normalized spacial score (nSPS) is 14.2. The van der Waals surface area contributed by atoms with Gasteiger partial charge in [-0.2, -0.15) is 18.3 Å². The second-order valence-corrected chi connectivity index (χ2v) is 7.61. The molecule has 0 bridgehead atoms. The lowest BCUT2D eigenvalue weighted by Crippen LogP contribution is -2.15. The number of H-pyrrole nitrogens is 1. The summed E-state index contributed by atoms with van der Waals surface area (Å²) in [6.45, 7) is 0. The lowest BCUT2D eigenvalue weighted by atomic mass is 10.1. The highest BCUT2D eigenvalue weighted by Crippen LogP contribution is 2.43. The molecule has 1 aliphatic rings. The Labute approximate surface area is 183 Å².